The highest BCUT2D eigenvalue weighted by atomic mass is 79.9. The lowest BCUT2D eigenvalue weighted by Crippen LogP contribution is -2.00. The zero-order chi connectivity index (χ0) is 13.1. The van der Waals surface area contributed by atoms with Crippen LogP contribution in [-0.2, 0) is 0 Å². The molecule has 0 saturated carbocycles. The maximum Gasteiger partial charge on any atom is 0.199 e. The molecule has 6 heteroatoms. The average molecular weight is 329 g/mol. The molecule has 18 heavy (non-hydrogen) atoms. The molecule has 0 radical (unpaired) electrons. The third-order valence-corrected chi connectivity index (χ3v) is 3.18. The first-order chi connectivity index (χ1) is 8.61. The Morgan fingerprint density at radius 2 is 2.11 bits per heavy atom. The van der Waals surface area contributed by atoms with Crippen molar-refractivity contribution in [2.24, 2.45) is 0 Å². The van der Waals surface area contributed by atoms with Crippen LogP contribution in [-0.4, -0.2) is 17.1 Å². The first-order valence-electron chi connectivity index (χ1n) is 5.19. The van der Waals surface area contributed by atoms with Crippen LogP contribution < -0.4 is 10.1 Å². The second kappa shape index (κ2) is 5.54. The summed E-state index contributed by atoms with van der Waals surface area (Å²) in [6.07, 6.45) is 1.39. The van der Waals surface area contributed by atoms with E-state index < -0.39 is 0 Å². The topological polar surface area (TPSA) is 47.0 Å². The molecule has 0 amide bonds. The van der Waals surface area contributed by atoms with Crippen molar-refractivity contribution in [3.05, 3.63) is 39.7 Å². The van der Waals surface area contributed by atoms with Crippen LogP contribution in [0.25, 0.3) is 0 Å². The number of anilines is 2. The summed E-state index contributed by atoms with van der Waals surface area (Å²) in [6, 6.07) is 5.94. The van der Waals surface area contributed by atoms with Gasteiger partial charge in [-0.05, 0) is 24.6 Å². The highest BCUT2D eigenvalue weighted by Gasteiger charge is 2.11. The van der Waals surface area contributed by atoms with Gasteiger partial charge in [0.15, 0.2) is 16.7 Å². The minimum atomic E-state index is 0.280. The van der Waals surface area contributed by atoms with E-state index in [1.807, 2.05) is 25.1 Å². The molecular formula is C12H11BrClN3O. The second-order valence-electron chi connectivity index (χ2n) is 3.63. The van der Waals surface area contributed by atoms with Crippen LogP contribution in [0.1, 0.15) is 5.56 Å². The molecule has 2 rings (SSSR count). The predicted octanol–water partition coefficient (Wildman–Crippen LogP) is 3.95. The maximum absolute atomic E-state index is 5.94. The van der Waals surface area contributed by atoms with Gasteiger partial charge in [-0.25, -0.2) is 9.97 Å². The van der Waals surface area contributed by atoms with Crippen molar-refractivity contribution >= 4 is 39.0 Å². The van der Waals surface area contributed by atoms with E-state index in [9.17, 15) is 0 Å². The standard InChI is InChI=1S/C12H11BrClN3O/c1-7-3-4-8(13)5-9(7)17-12-10(18-2)11(14)15-6-16-12/h3-6H,1-2H3,(H,15,16,17). The summed E-state index contributed by atoms with van der Waals surface area (Å²) >= 11 is 9.37. The Kier molecular flexibility index (Phi) is 4.04. The molecule has 0 aliphatic carbocycles. The third kappa shape index (κ3) is 2.73. The fourth-order valence-corrected chi connectivity index (χ4v) is 2.05. The summed E-state index contributed by atoms with van der Waals surface area (Å²) in [4.78, 5) is 8.00. The van der Waals surface area contributed by atoms with Gasteiger partial charge in [0.1, 0.15) is 6.33 Å². The van der Waals surface area contributed by atoms with Crippen molar-refractivity contribution in [1.29, 1.82) is 0 Å². The highest BCUT2D eigenvalue weighted by molar-refractivity contribution is 9.10. The molecule has 1 aromatic heterocycles. The number of rotatable bonds is 3. The number of aromatic nitrogens is 2. The van der Waals surface area contributed by atoms with E-state index in [1.54, 1.807) is 0 Å². The molecule has 0 bridgehead atoms. The number of aryl methyl sites for hydroxylation is 1. The van der Waals surface area contributed by atoms with E-state index in [1.165, 1.54) is 13.4 Å². The number of benzene rings is 1. The Hall–Kier alpha value is -1.33. The number of methoxy groups -OCH3 is 1. The minimum absolute atomic E-state index is 0.280. The molecule has 2 aromatic rings. The summed E-state index contributed by atoms with van der Waals surface area (Å²) in [5.41, 5.74) is 2.02. The molecule has 1 aromatic carbocycles. The quantitative estimate of drug-likeness (QED) is 0.867. The van der Waals surface area contributed by atoms with Gasteiger partial charge >= 0.3 is 0 Å². The molecule has 0 spiro atoms. The molecule has 0 aliphatic heterocycles. The van der Waals surface area contributed by atoms with Crippen LogP contribution in [0.5, 0.6) is 5.75 Å². The van der Waals surface area contributed by atoms with Gasteiger partial charge in [-0.15, -0.1) is 0 Å². The first-order valence-corrected chi connectivity index (χ1v) is 6.36. The summed E-state index contributed by atoms with van der Waals surface area (Å²) in [5.74, 6) is 0.970. The smallest absolute Gasteiger partial charge is 0.199 e. The fourth-order valence-electron chi connectivity index (χ4n) is 1.48. The normalized spacial score (nSPS) is 10.2. The molecule has 0 atom stereocenters. The van der Waals surface area contributed by atoms with Gasteiger partial charge in [-0.3, -0.25) is 0 Å². The lowest BCUT2D eigenvalue weighted by Gasteiger charge is -2.12. The minimum Gasteiger partial charge on any atom is -0.490 e. The molecule has 1 N–H and O–H groups in total. The van der Waals surface area contributed by atoms with Crippen molar-refractivity contribution in [2.45, 2.75) is 6.92 Å². The van der Waals surface area contributed by atoms with Crippen LogP contribution in [0.4, 0.5) is 11.5 Å². The largest absolute Gasteiger partial charge is 0.490 e. The Morgan fingerprint density at radius 1 is 1.33 bits per heavy atom. The number of halogens is 2. The van der Waals surface area contributed by atoms with E-state index >= 15 is 0 Å². The zero-order valence-electron chi connectivity index (χ0n) is 9.87. The van der Waals surface area contributed by atoms with Crippen molar-refractivity contribution < 1.29 is 4.74 Å². The summed E-state index contributed by atoms with van der Waals surface area (Å²) in [6.45, 7) is 2.00. The third-order valence-electron chi connectivity index (χ3n) is 2.42. The Morgan fingerprint density at radius 3 is 2.83 bits per heavy atom. The molecule has 1 heterocycles. The van der Waals surface area contributed by atoms with Gasteiger partial charge in [0.2, 0.25) is 0 Å². The molecule has 0 saturated heterocycles. The van der Waals surface area contributed by atoms with Crippen LogP contribution in [0, 0.1) is 6.92 Å². The van der Waals surface area contributed by atoms with E-state index in [4.69, 9.17) is 16.3 Å². The van der Waals surface area contributed by atoms with Crippen molar-refractivity contribution in [3.63, 3.8) is 0 Å². The maximum atomic E-state index is 5.94. The monoisotopic (exact) mass is 327 g/mol. The van der Waals surface area contributed by atoms with E-state index in [0.717, 1.165) is 15.7 Å². The van der Waals surface area contributed by atoms with Gasteiger partial charge in [0.25, 0.3) is 0 Å². The Bertz CT molecular complexity index is 577. The van der Waals surface area contributed by atoms with E-state index in [0.29, 0.717) is 11.6 Å². The number of ether oxygens (including phenoxy) is 1. The van der Waals surface area contributed by atoms with Gasteiger partial charge < -0.3 is 10.1 Å². The SMILES string of the molecule is COc1c(Cl)ncnc1Nc1cc(Br)ccc1C. The lowest BCUT2D eigenvalue weighted by atomic mass is 10.2. The van der Waals surface area contributed by atoms with Crippen molar-refractivity contribution in [2.75, 3.05) is 12.4 Å². The molecule has 4 nitrogen and oxygen atoms in total. The number of hydrogen-bond acceptors (Lipinski definition) is 4. The fraction of sp³-hybridized carbons (Fsp3) is 0.167. The summed E-state index contributed by atoms with van der Waals surface area (Å²) in [7, 11) is 1.53. The van der Waals surface area contributed by atoms with Crippen LogP contribution in [0.3, 0.4) is 0 Å². The van der Waals surface area contributed by atoms with Crippen LogP contribution in [0.15, 0.2) is 29.0 Å². The van der Waals surface area contributed by atoms with Crippen LogP contribution >= 0.6 is 27.5 Å². The summed E-state index contributed by atoms with van der Waals surface area (Å²) in [5, 5.41) is 3.46. The molecular weight excluding hydrogens is 318 g/mol. The molecule has 94 valence electrons. The zero-order valence-corrected chi connectivity index (χ0v) is 12.2. The average Bonchev–Trinajstić information content (AvgIpc) is 2.34. The second-order valence-corrected chi connectivity index (χ2v) is 4.90. The number of nitrogens with one attached hydrogen (secondary N) is 1. The lowest BCUT2D eigenvalue weighted by molar-refractivity contribution is 0.413. The van der Waals surface area contributed by atoms with Gasteiger partial charge in [0, 0.05) is 10.2 Å². The van der Waals surface area contributed by atoms with Crippen LogP contribution in [0.2, 0.25) is 5.15 Å². The van der Waals surface area contributed by atoms with Crippen molar-refractivity contribution in [1.82, 2.24) is 9.97 Å². The van der Waals surface area contributed by atoms with Gasteiger partial charge in [-0.2, -0.15) is 0 Å². The Labute approximate surface area is 118 Å². The number of hydrogen-bond donors (Lipinski definition) is 1. The van der Waals surface area contributed by atoms with E-state index in [2.05, 4.69) is 31.2 Å². The predicted molar refractivity (Wildman–Crippen MR) is 75.8 cm³/mol. The van der Waals surface area contributed by atoms with Gasteiger partial charge in [0.05, 0.1) is 7.11 Å². The molecule has 0 fully saturated rings. The number of nitrogens with zero attached hydrogens (tertiary/aromatic N) is 2. The van der Waals surface area contributed by atoms with E-state index in [-0.39, 0.29) is 5.15 Å². The van der Waals surface area contributed by atoms with Crippen molar-refractivity contribution in [3.8, 4) is 5.75 Å². The van der Waals surface area contributed by atoms with Gasteiger partial charge in [-0.1, -0.05) is 33.6 Å². The molecule has 0 unspecified atom stereocenters. The molecule has 0 aliphatic rings. The highest BCUT2D eigenvalue weighted by Crippen LogP contribution is 2.32. The first kappa shape index (κ1) is 13.1. The summed E-state index contributed by atoms with van der Waals surface area (Å²) < 4.78 is 6.17. The Balaban J connectivity index is 2.40.